The molecule has 0 bridgehead atoms. The molecule has 78 valence electrons. The molecule has 0 aliphatic rings. The second kappa shape index (κ2) is 5.25. The summed E-state index contributed by atoms with van der Waals surface area (Å²) in [5.41, 5.74) is -0.330. The summed E-state index contributed by atoms with van der Waals surface area (Å²) in [7, 11) is 1.45. The van der Waals surface area contributed by atoms with Gasteiger partial charge in [-0.2, -0.15) is 0 Å². The van der Waals surface area contributed by atoms with Gasteiger partial charge in [0, 0.05) is 0 Å². The first-order valence-corrected chi connectivity index (χ1v) is 5.02. The first-order valence-electron chi connectivity index (χ1n) is 5.02. The van der Waals surface area contributed by atoms with Crippen LogP contribution in [0.4, 0.5) is 0 Å². The Morgan fingerprint density at radius 2 is 2.00 bits per heavy atom. The fourth-order valence-corrected chi connectivity index (χ4v) is 1.83. The van der Waals surface area contributed by atoms with Crippen LogP contribution in [0.5, 0.6) is 0 Å². The standard InChI is InChI=1S/C11H22O2/c1-6-7-9(2)8-11(3,4)10(12)13-5/h9H,6-8H2,1-5H3. The van der Waals surface area contributed by atoms with Gasteiger partial charge in [0.1, 0.15) is 0 Å². The van der Waals surface area contributed by atoms with Crippen molar-refractivity contribution in [2.75, 3.05) is 7.11 Å². The molecule has 0 aliphatic carbocycles. The van der Waals surface area contributed by atoms with Crippen molar-refractivity contribution in [3.63, 3.8) is 0 Å². The first-order chi connectivity index (χ1) is 5.94. The third kappa shape index (κ3) is 4.30. The van der Waals surface area contributed by atoms with Crippen molar-refractivity contribution < 1.29 is 9.53 Å². The van der Waals surface area contributed by atoms with Gasteiger partial charge in [-0.05, 0) is 26.2 Å². The van der Waals surface area contributed by atoms with Crippen LogP contribution in [-0.4, -0.2) is 13.1 Å². The minimum absolute atomic E-state index is 0.101. The van der Waals surface area contributed by atoms with Gasteiger partial charge in [0.05, 0.1) is 12.5 Å². The summed E-state index contributed by atoms with van der Waals surface area (Å²) >= 11 is 0. The Bertz CT molecular complexity index is 161. The first kappa shape index (κ1) is 12.5. The lowest BCUT2D eigenvalue weighted by molar-refractivity contribution is -0.151. The average Bonchev–Trinajstić information content (AvgIpc) is 2.02. The van der Waals surface area contributed by atoms with Gasteiger partial charge in [-0.1, -0.05) is 26.7 Å². The number of methoxy groups -OCH3 is 1. The van der Waals surface area contributed by atoms with Crippen molar-refractivity contribution in [3.05, 3.63) is 0 Å². The predicted octanol–water partition coefficient (Wildman–Crippen LogP) is 3.01. The second-order valence-corrected chi connectivity index (χ2v) is 4.47. The van der Waals surface area contributed by atoms with Gasteiger partial charge in [0.15, 0.2) is 0 Å². The minimum Gasteiger partial charge on any atom is -0.469 e. The molecule has 0 aromatic rings. The van der Waals surface area contributed by atoms with Crippen LogP contribution in [0.1, 0.15) is 47.0 Å². The zero-order valence-electron chi connectivity index (χ0n) is 9.52. The summed E-state index contributed by atoms with van der Waals surface area (Å²) in [5.74, 6) is 0.495. The van der Waals surface area contributed by atoms with Crippen LogP contribution in [0, 0.1) is 11.3 Å². The van der Waals surface area contributed by atoms with Crippen LogP contribution in [0.15, 0.2) is 0 Å². The molecule has 0 amide bonds. The van der Waals surface area contributed by atoms with Crippen LogP contribution in [0.25, 0.3) is 0 Å². The van der Waals surface area contributed by atoms with E-state index in [0.717, 1.165) is 6.42 Å². The van der Waals surface area contributed by atoms with Crippen molar-refractivity contribution in [2.45, 2.75) is 47.0 Å². The number of esters is 1. The number of rotatable bonds is 5. The average molecular weight is 186 g/mol. The smallest absolute Gasteiger partial charge is 0.311 e. The van der Waals surface area contributed by atoms with Crippen molar-refractivity contribution >= 4 is 5.97 Å². The highest BCUT2D eigenvalue weighted by Crippen LogP contribution is 2.28. The molecule has 0 radical (unpaired) electrons. The maximum atomic E-state index is 11.4. The Hall–Kier alpha value is -0.530. The van der Waals surface area contributed by atoms with Gasteiger partial charge >= 0.3 is 5.97 Å². The molecular weight excluding hydrogens is 164 g/mol. The van der Waals surface area contributed by atoms with Crippen molar-refractivity contribution in [1.29, 1.82) is 0 Å². The highest BCUT2D eigenvalue weighted by molar-refractivity contribution is 5.75. The summed E-state index contributed by atoms with van der Waals surface area (Å²) in [6, 6.07) is 0. The zero-order valence-corrected chi connectivity index (χ0v) is 9.52. The zero-order chi connectivity index (χ0) is 10.5. The highest BCUT2D eigenvalue weighted by atomic mass is 16.5. The summed E-state index contributed by atoms with van der Waals surface area (Å²) in [4.78, 5) is 11.4. The molecule has 0 heterocycles. The molecule has 0 saturated carbocycles. The minimum atomic E-state index is -0.330. The molecule has 0 aliphatic heterocycles. The molecular formula is C11H22O2. The third-order valence-corrected chi connectivity index (χ3v) is 2.38. The molecule has 13 heavy (non-hydrogen) atoms. The molecule has 1 unspecified atom stereocenters. The van der Waals surface area contributed by atoms with Crippen molar-refractivity contribution in [3.8, 4) is 0 Å². The quantitative estimate of drug-likeness (QED) is 0.617. The lowest BCUT2D eigenvalue weighted by Gasteiger charge is -2.24. The SMILES string of the molecule is CCCC(C)CC(C)(C)C(=O)OC. The van der Waals surface area contributed by atoms with Crippen LogP contribution in [-0.2, 0) is 9.53 Å². The van der Waals surface area contributed by atoms with Crippen LogP contribution in [0.3, 0.4) is 0 Å². The Morgan fingerprint density at radius 1 is 1.46 bits per heavy atom. The van der Waals surface area contributed by atoms with Gasteiger partial charge in [-0.25, -0.2) is 0 Å². The van der Waals surface area contributed by atoms with E-state index < -0.39 is 0 Å². The number of ether oxygens (including phenoxy) is 1. The van der Waals surface area contributed by atoms with E-state index in [1.165, 1.54) is 20.0 Å². The van der Waals surface area contributed by atoms with Crippen LogP contribution < -0.4 is 0 Å². The fraction of sp³-hybridized carbons (Fsp3) is 0.909. The van der Waals surface area contributed by atoms with E-state index in [0.29, 0.717) is 5.92 Å². The third-order valence-electron chi connectivity index (χ3n) is 2.38. The monoisotopic (exact) mass is 186 g/mol. The van der Waals surface area contributed by atoms with Gasteiger partial charge < -0.3 is 4.74 Å². The van der Waals surface area contributed by atoms with Gasteiger partial charge in [-0.15, -0.1) is 0 Å². The summed E-state index contributed by atoms with van der Waals surface area (Å²) < 4.78 is 4.76. The van der Waals surface area contributed by atoms with Gasteiger partial charge in [0.25, 0.3) is 0 Å². The van der Waals surface area contributed by atoms with E-state index >= 15 is 0 Å². The number of hydrogen-bond acceptors (Lipinski definition) is 2. The Morgan fingerprint density at radius 3 is 2.38 bits per heavy atom. The molecule has 0 spiro atoms. The Labute approximate surface area is 81.7 Å². The molecule has 2 heteroatoms. The fourth-order valence-electron chi connectivity index (χ4n) is 1.83. The van der Waals surface area contributed by atoms with Crippen molar-refractivity contribution in [1.82, 2.24) is 0 Å². The van der Waals surface area contributed by atoms with Gasteiger partial charge in [0.2, 0.25) is 0 Å². The molecule has 1 atom stereocenters. The Balaban J connectivity index is 4.07. The van der Waals surface area contributed by atoms with E-state index in [1.807, 2.05) is 13.8 Å². The molecule has 0 fully saturated rings. The molecule has 2 nitrogen and oxygen atoms in total. The number of hydrogen-bond donors (Lipinski definition) is 0. The van der Waals surface area contributed by atoms with E-state index in [9.17, 15) is 4.79 Å². The lowest BCUT2D eigenvalue weighted by atomic mass is 9.82. The predicted molar refractivity (Wildman–Crippen MR) is 54.5 cm³/mol. The lowest BCUT2D eigenvalue weighted by Crippen LogP contribution is -2.27. The molecule has 0 rings (SSSR count). The largest absolute Gasteiger partial charge is 0.469 e. The van der Waals surface area contributed by atoms with E-state index in [2.05, 4.69) is 13.8 Å². The number of carbonyl (C=O) groups is 1. The van der Waals surface area contributed by atoms with Crippen molar-refractivity contribution in [2.24, 2.45) is 11.3 Å². The van der Waals surface area contributed by atoms with E-state index in [-0.39, 0.29) is 11.4 Å². The number of carbonyl (C=O) groups excluding carboxylic acids is 1. The molecule has 0 aromatic carbocycles. The molecule has 0 N–H and O–H groups in total. The summed E-state index contributed by atoms with van der Waals surface area (Å²) in [6.45, 7) is 8.26. The topological polar surface area (TPSA) is 26.3 Å². The summed E-state index contributed by atoms with van der Waals surface area (Å²) in [6.07, 6.45) is 3.27. The normalized spacial score (nSPS) is 13.9. The molecule has 0 aromatic heterocycles. The van der Waals surface area contributed by atoms with E-state index in [4.69, 9.17) is 4.74 Å². The van der Waals surface area contributed by atoms with Crippen LogP contribution in [0.2, 0.25) is 0 Å². The van der Waals surface area contributed by atoms with Crippen LogP contribution >= 0.6 is 0 Å². The van der Waals surface area contributed by atoms with Gasteiger partial charge in [-0.3, -0.25) is 4.79 Å². The van der Waals surface area contributed by atoms with E-state index in [1.54, 1.807) is 0 Å². The Kier molecular flexibility index (Phi) is 5.04. The molecule has 0 saturated heterocycles. The summed E-state index contributed by atoms with van der Waals surface area (Å²) in [5, 5.41) is 0. The maximum absolute atomic E-state index is 11.4. The second-order valence-electron chi connectivity index (χ2n) is 4.47. The maximum Gasteiger partial charge on any atom is 0.311 e. The highest BCUT2D eigenvalue weighted by Gasteiger charge is 2.30.